The zero-order valence-corrected chi connectivity index (χ0v) is 9.62. The molecule has 0 aliphatic carbocycles. The second kappa shape index (κ2) is 5.78. The molecule has 18 heavy (non-hydrogen) atoms. The maximum atomic E-state index is 11.8. The number of nitrogens with zero attached hydrogens (tertiary/aromatic N) is 1. The highest BCUT2D eigenvalue weighted by molar-refractivity contribution is 5.69. The summed E-state index contributed by atoms with van der Waals surface area (Å²) in [6, 6.07) is -0.337. The topological polar surface area (TPSA) is 67.9 Å². The van der Waals surface area contributed by atoms with Crippen molar-refractivity contribution in [1.82, 2.24) is 10.2 Å². The Hall–Kier alpha value is -1.67. The van der Waals surface area contributed by atoms with E-state index in [0.717, 1.165) is 4.90 Å². The molecule has 1 atom stereocenters. The van der Waals surface area contributed by atoms with Crippen LogP contribution in [0, 0.1) is 0 Å². The van der Waals surface area contributed by atoms with Gasteiger partial charge in [-0.1, -0.05) is 0 Å². The Morgan fingerprint density at radius 3 is 2.67 bits per heavy atom. The Labute approximate surface area is 101 Å². The van der Waals surface area contributed by atoms with E-state index in [2.05, 4.69) is 14.8 Å². The number of nitrogens with one attached hydrogen (secondary N) is 1. The predicted molar refractivity (Wildman–Crippen MR) is 52.9 cm³/mol. The second-order valence-corrected chi connectivity index (χ2v) is 3.74. The third-order valence-electron chi connectivity index (χ3n) is 2.31. The normalized spacial score (nSPS) is 19.6. The first-order valence-corrected chi connectivity index (χ1v) is 5.15. The van der Waals surface area contributed by atoms with Crippen LogP contribution in [0.1, 0.15) is 6.42 Å². The first-order valence-electron chi connectivity index (χ1n) is 5.15. The summed E-state index contributed by atoms with van der Waals surface area (Å²) in [4.78, 5) is 23.2. The van der Waals surface area contributed by atoms with Gasteiger partial charge in [0.15, 0.2) is 6.61 Å². The summed E-state index contributed by atoms with van der Waals surface area (Å²) in [5.74, 6) is 0. The number of hydrogen-bond acceptors (Lipinski definition) is 4. The van der Waals surface area contributed by atoms with Gasteiger partial charge in [0.05, 0.1) is 13.2 Å². The Balaban J connectivity index is 2.33. The van der Waals surface area contributed by atoms with Crippen molar-refractivity contribution in [3.05, 3.63) is 0 Å². The van der Waals surface area contributed by atoms with Crippen LogP contribution in [0.3, 0.4) is 0 Å². The Morgan fingerprint density at radius 2 is 2.11 bits per heavy atom. The largest absolute Gasteiger partial charge is 0.453 e. The smallest absolute Gasteiger partial charge is 0.422 e. The van der Waals surface area contributed by atoms with Gasteiger partial charge in [-0.15, -0.1) is 0 Å². The van der Waals surface area contributed by atoms with Gasteiger partial charge in [-0.3, -0.25) is 0 Å². The number of methoxy groups -OCH3 is 1. The van der Waals surface area contributed by atoms with Gasteiger partial charge in [-0.2, -0.15) is 13.2 Å². The number of hydrogen-bond donors (Lipinski definition) is 1. The van der Waals surface area contributed by atoms with Crippen molar-refractivity contribution in [2.45, 2.75) is 18.6 Å². The molecule has 1 saturated heterocycles. The second-order valence-electron chi connectivity index (χ2n) is 3.74. The number of halogens is 3. The molecule has 9 heteroatoms. The molecule has 1 heterocycles. The van der Waals surface area contributed by atoms with E-state index in [1.54, 1.807) is 0 Å². The zero-order valence-electron chi connectivity index (χ0n) is 9.62. The van der Waals surface area contributed by atoms with E-state index in [0.29, 0.717) is 6.42 Å². The average Bonchev–Trinajstić information content (AvgIpc) is 2.73. The lowest BCUT2D eigenvalue weighted by Gasteiger charge is -2.17. The molecule has 0 aromatic rings. The van der Waals surface area contributed by atoms with E-state index in [1.807, 2.05) is 0 Å². The van der Waals surface area contributed by atoms with Crippen LogP contribution >= 0.6 is 0 Å². The lowest BCUT2D eigenvalue weighted by molar-refractivity contribution is -0.162. The average molecular weight is 270 g/mol. The summed E-state index contributed by atoms with van der Waals surface area (Å²) in [5.41, 5.74) is 0. The monoisotopic (exact) mass is 270 g/mol. The molecule has 1 aliphatic heterocycles. The fourth-order valence-electron chi connectivity index (χ4n) is 1.50. The minimum absolute atomic E-state index is 0.103. The molecular formula is C9H13F3N2O4. The molecule has 0 spiro atoms. The summed E-state index contributed by atoms with van der Waals surface area (Å²) in [7, 11) is 1.19. The Bertz CT molecular complexity index is 321. The number of amides is 2. The van der Waals surface area contributed by atoms with Gasteiger partial charge in [0.2, 0.25) is 0 Å². The van der Waals surface area contributed by atoms with Crippen molar-refractivity contribution in [3.8, 4) is 0 Å². The third kappa shape index (κ3) is 4.68. The van der Waals surface area contributed by atoms with Gasteiger partial charge in [0, 0.05) is 13.1 Å². The predicted octanol–water partition coefficient (Wildman–Crippen LogP) is 1.12. The zero-order chi connectivity index (χ0) is 13.8. The van der Waals surface area contributed by atoms with E-state index in [1.165, 1.54) is 7.11 Å². The van der Waals surface area contributed by atoms with E-state index in [-0.39, 0.29) is 19.1 Å². The van der Waals surface area contributed by atoms with E-state index < -0.39 is 25.0 Å². The van der Waals surface area contributed by atoms with Gasteiger partial charge >= 0.3 is 18.4 Å². The molecule has 1 rings (SSSR count). The maximum absolute atomic E-state index is 11.8. The number of rotatable bonds is 2. The van der Waals surface area contributed by atoms with Crippen molar-refractivity contribution < 1.29 is 32.2 Å². The summed E-state index contributed by atoms with van der Waals surface area (Å²) in [6.07, 6.45) is -5.79. The van der Waals surface area contributed by atoms with Gasteiger partial charge in [0.25, 0.3) is 0 Å². The van der Waals surface area contributed by atoms with E-state index in [4.69, 9.17) is 0 Å². The fourth-order valence-corrected chi connectivity index (χ4v) is 1.50. The molecule has 6 nitrogen and oxygen atoms in total. The van der Waals surface area contributed by atoms with Crippen LogP contribution < -0.4 is 5.32 Å². The van der Waals surface area contributed by atoms with Gasteiger partial charge in [-0.25, -0.2) is 9.59 Å². The van der Waals surface area contributed by atoms with Crippen molar-refractivity contribution in [2.24, 2.45) is 0 Å². The molecule has 1 aliphatic rings. The molecule has 104 valence electrons. The van der Waals surface area contributed by atoms with Crippen molar-refractivity contribution in [2.75, 3.05) is 26.8 Å². The molecule has 0 aromatic heterocycles. The molecule has 2 amide bonds. The molecule has 1 unspecified atom stereocenters. The number of alkyl halides is 3. The van der Waals surface area contributed by atoms with Crippen molar-refractivity contribution >= 4 is 12.2 Å². The van der Waals surface area contributed by atoms with Crippen LogP contribution in [-0.2, 0) is 9.47 Å². The number of carbonyl (C=O) groups is 2. The molecule has 0 bridgehead atoms. The summed E-state index contributed by atoms with van der Waals surface area (Å²) in [5, 5.41) is 2.45. The highest BCUT2D eigenvalue weighted by atomic mass is 19.4. The summed E-state index contributed by atoms with van der Waals surface area (Å²) < 4.78 is 43.9. The Kier molecular flexibility index (Phi) is 4.62. The van der Waals surface area contributed by atoms with E-state index >= 15 is 0 Å². The number of ether oxygens (including phenoxy) is 2. The number of likely N-dealkylation sites (tertiary alicyclic amines) is 1. The standard InChI is InChI=1S/C9H13F3N2O4/c1-17-7(15)13-6-2-3-14(4-6)8(16)18-5-9(10,11)12/h6H,2-5H2,1H3,(H,13,15). The van der Waals surface area contributed by atoms with E-state index in [9.17, 15) is 22.8 Å². The first kappa shape index (κ1) is 14.4. The molecule has 1 N–H and O–H groups in total. The van der Waals surface area contributed by atoms with Crippen LogP contribution in [0.4, 0.5) is 22.8 Å². The SMILES string of the molecule is COC(=O)NC1CCN(C(=O)OCC(F)(F)F)C1. The summed E-state index contributed by atoms with van der Waals surface area (Å²) in [6.45, 7) is -1.28. The molecule has 1 fully saturated rings. The van der Waals surface area contributed by atoms with Crippen LogP contribution in [0.15, 0.2) is 0 Å². The number of carbonyl (C=O) groups excluding carboxylic acids is 2. The minimum Gasteiger partial charge on any atom is -0.453 e. The molecule has 0 aromatic carbocycles. The molecule has 0 radical (unpaired) electrons. The van der Waals surface area contributed by atoms with Crippen LogP contribution in [0.5, 0.6) is 0 Å². The van der Waals surface area contributed by atoms with Gasteiger partial charge in [-0.05, 0) is 6.42 Å². The van der Waals surface area contributed by atoms with Crippen molar-refractivity contribution in [3.63, 3.8) is 0 Å². The summed E-state index contributed by atoms with van der Waals surface area (Å²) >= 11 is 0. The van der Waals surface area contributed by atoms with Gasteiger partial charge in [0.1, 0.15) is 0 Å². The molecular weight excluding hydrogens is 257 g/mol. The quantitative estimate of drug-likeness (QED) is 0.816. The first-order chi connectivity index (χ1) is 8.31. The number of alkyl carbamates (subject to hydrolysis) is 1. The lowest BCUT2D eigenvalue weighted by atomic mass is 10.3. The van der Waals surface area contributed by atoms with Crippen LogP contribution in [0.2, 0.25) is 0 Å². The third-order valence-corrected chi connectivity index (χ3v) is 2.31. The van der Waals surface area contributed by atoms with Crippen LogP contribution in [0.25, 0.3) is 0 Å². The van der Waals surface area contributed by atoms with Crippen LogP contribution in [-0.4, -0.2) is 56.1 Å². The molecule has 0 saturated carbocycles. The lowest BCUT2D eigenvalue weighted by Crippen LogP contribution is -2.39. The minimum atomic E-state index is -4.54. The van der Waals surface area contributed by atoms with Crippen molar-refractivity contribution in [1.29, 1.82) is 0 Å². The van der Waals surface area contributed by atoms with Gasteiger partial charge < -0.3 is 19.7 Å². The Morgan fingerprint density at radius 1 is 1.44 bits per heavy atom. The highest BCUT2D eigenvalue weighted by Crippen LogP contribution is 2.16. The highest BCUT2D eigenvalue weighted by Gasteiger charge is 2.33. The fraction of sp³-hybridized carbons (Fsp3) is 0.778. The maximum Gasteiger partial charge on any atom is 0.422 e.